The number of halogens is 7. The van der Waals surface area contributed by atoms with E-state index in [9.17, 15) is 26.3 Å². The molecule has 9 heteroatoms. The topological polar surface area (TPSA) is 22.1 Å². The highest BCUT2D eigenvalue weighted by atomic mass is 35.5. The Morgan fingerprint density at radius 3 is 2.00 bits per heavy atom. The van der Waals surface area contributed by atoms with Gasteiger partial charge in [0.2, 0.25) is 0 Å². The van der Waals surface area contributed by atoms with E-state index in [0.717, 1.165) is 18.2 Å². The van der Waals surface area contributed by atoms with Gasteiger partial charge in [-0.05, 0) is 30.3 Å². The summed E-state index contributed by atoms with van der Waals surface area (Å²) in [5, 5.41) is -0.548. The third kappa shape index (κ3) is 4.03. The zero-order valence-corrected chi connectivity index (χ0v) is 11.2. The lowest BCUT2D eigenvalue weighted by molar-refractivity contribution is -0.274. The molecule has 0 unspecified atom stereocenters. The van der Waals surface area contributed by atoms with Crippen LogP contribution in [0.25, 0.3) is 11.3 Å². The summed E-state index contributed by atoms with van der Waals surface area (Å²) in [5.41, 5.74) is -0.698. The Balaban J connectivity index is 2.28. The number of hydrogen-bond donors (Lipinski definition) is 0. The number of pyridine rings is 1. The number of benzene rings is 1. The minimum Gasteiger partial charge on any atom is -0.406 e. The van der Waals surface area contributed by atoms with Crippen molar-refractivity contribution in [2.75, 3.05) is 0 Å². The lowest BCUT2D eigenvalue weighted by atomic mass is 10.1. The fourth-order valence-electron chi connectivity index (χ4n) is 1.62. The molecule has 0 aliphatic rings. The number of alkyl halides is 6. The summed E-state index contributed by atoms with van der Waals surface area (Å²) in [6.07, 6.45) is -8.89. The molecule has 1 heterocycles. The van der Waals surface area contributed by atoms with Gasteiger partial charge in [-0.25, -0.2) is 0 Å². The maximum atomic E-state index is 12.5. The van der Waals surface area contributed by atoms with Gasteiger partial charge in [0, 0.05) is 11.8 Å². The van der Waals surface area contributed by atoms with Crippen molar-refractivity contribution in [3.8, 4) is 17.0 Å². The normalized spacial score (nSPS) is 12.3. The van der Waals surface area contributed by atoms with Crippen molar-refractivity contribution in [1.29, 1.82) is 0 Å². The van der Waals surface area contributed by atoms with Crippen molar-refractivity contribution >= 4 is 11.6 Å². The van der Waals surface area contributed by atoms with Crippen LogP contribution in [0.1, 0.15) is 5.56 Å². The second-order valence-electron chi connectivity index (χ2n) is 4.12. The average molecular weight is 342 g/mol. The van der Waals surface area contributed by atoms with E-state index >= 15 is 0 Å². The van der Waals surface area contributed by atoms with Gasteiger partial charge < -0.3 is 4.74 Å². The van der Waals surface area contributed by atoms with Crippen LogP contribution >= 0.6 is 11.6 Å². The molecule has 1 aromatic heterocycles. The van der Waals surface area contributed by atoms with E-state index in [1.54, 1.807) is 0 Å². The Hall–Kier alpha value is -1.96. The fraction of sp³-hybridized carbons (Fsp3) is 0.154. The van der Waals surface area contributed by atoms with Crippen LogP contribution < -0.4 is 4.74 Å². The van der Waals surface area contributed by atoms with Gasteiger partial charge in [-0.1, -0.05) is 11.6 Å². The summed E-state index contributed by atoms with van der Waals surface area (Å²) < 4.78 is 77.4. The van der Waals surface area contributed by atoms with E-state index in [2.05, 4.69) is 9.72 Å². The Labute approximate surface area is 125 Å². The van der Waals surface area contributed by atoms with Crippen molar-refractivity contribution in [3.63, 3.8) is 0 Å². The second-order valence-corrected chi connectivity index (χ2v) is 4.53. The second kappa shape index (κ2) is 5.68. The molecule has 0 radical (unpaired) electrons. The largest absolute Gasteiger partial charge is 0.573 e. The zero-order chi connectivity index (χ0) is 16.5. The number of ether oxygens (including phenoxy) is 1. The van der Waals surface area contributed by atoms with E-state index in [1.165, 1.54) is 12.1 Å². The predicted octanol–water partition coefficient (Wildman–Crippen LogP) is 5.32. The van der Waals surface area contributed by atoms with Crippen LogP contribution in [0.3, 0.4) is 0 Å². The standard InChI is InChI=1S/C13H6ClF6NO/c14-10-5-11(21-6-9(10)12(15,16)17)7-1-3-8(4-2-7)22-13(18,19)20/h1-6H. The van der Waals surface area contributed by atoms with Gasteiger partial charge in [-0.3, -0.25) is 4.98 Å². The first-order valence-corrected chi connectivity index (χ1v) is 6.03. The monoisotopic (exact) mass is 341 g/mol. The van der Waals surface area contributed by atoms with Crippen LogP contribution in [0.15, 0.2) is 36.5 Å². The SMILES string of the molecule is FC(F)(F)Oc1ccc(-c2cc(Cl)c(C(F)(F)F)cn2)cc1. The number of aromatic nitrogens is 1. The summed E-state index contributed by atoms with van der Waals surface area (Å²) >= 11 is 5.55. The number of nitrogens with zero attached hydrogens (tertiary/aromatic N) is 1. The molecule has 0 bridgehead atoms. The minimum atomic E-state index is -4.82. The van der Waals surface area contributed by atoms with Gasteiger partial charge >= 0.3 is 12.5 Å². The molecule has 0 amide bonds. The van der Waals surface area contributed by atoms with Crippen molar-refractivity contribution in [2.24, 2.45) is 0 Å². The summed E-state index contributed by atoms with van der Waals surface area (Å²) in [4.78, 5) is 3.61. The Morgan fingerprint density at radius 1 is 0.955 bits per heavy atom. The Bertz CT molecular complexity index is 666. The van der Waals surface area contributed by atoms with E-state index in [0.29, 0.717) is 11.8 Å². The summed E-state index contributed by atoms with van der Waals surface area (Å²) in [6, 6.07) is 5.50. The highest BCUT2D eigenvalue weighted by Crippen LogP contribution is 2.36. The smallest absolute Gasteiger partial charge is 0.406 e. The van der Waals surface area contributed by atoms with Crippen molar-refractivity contribution in [2.45, 2.75) is 12.5 Å². The maximum absolute atomic E-state index is 12.5. The Morgan fingerprint density at radius 2 is 1.55 bits per heavy atom. The minimum absolute atomic E-state index is 0.0940. The van der Waals surface area contributed by atoms with Gasteiger partial charge in [0.1, 0.15) is 5.75 Å². The molecule has 0 saturated carbocycles. The molecular weight excluding hydrogens is 336 g/mol. The molecule has 0 saturated heterocycles. The molecule has 1 aromatic carbocycles. The molecular formula is C13H6ClF6NO. The molecule has 0 atom stereocenters. The molecule has 0 fully saturated rings. The van der Waals surface area contributed by atoms with Crippen molar-refractivity contribution in [3.05, 3.63) is 47.1 Å². The Kier molecular flexibility index (Phi) is 4.23. The third-order valence-electron chi connectivity index (χ3n) is 2.54. The summed E-state index contributed by atoms with van der Waals surface area (Å²) in [6.45, 7) is 0. The first-order valence-electron chi connectivity index (χ1n) is 5.65. The van der Waals surface area contributed by atoms with Crippen molar-refractivity contribution in [1.82, 2.24) is 4.98 Å². The van der Waals surface area contributed by atoms with Gasteiger partial charge in [0.15, 0.2) is 0 Å². The van der Waals surface area contributed by atoms with E-state index in [1.807, 2.05) is 0 Å². The van der Waals surface area contributed by atoms with Crippen LogP contribution in [-0.2, 0) is 6.18 Å². The van der Waals surface area contributed by atoms with E-state index in [-0.39, 0.29) is 5.69 Å². The quantitative estimate of drug-likeness (QED) is 0.690. The van der Waals surface area contributed by atoms with Crippen LogP contribution in [-0.4, -0.2) is 11.3 Å². The first-order chi connectivity index (χ1) is 10.1. The van der Waals surface area contributed by atoms with E-state index in [4.69, 9.17) is 11.6 Å². The van der Waals surface area contributed by atoms with Gasteiger partial charge in [-0.15, -0.1) is 13.2 Å². The summed E-state index contributed by atoms with van der Waals surface area (Å²) in [5.74, 6) is -0.450. The summed E-state index contributed by atoms with van der Waals surface area (Å²) in [7, 11) is 0. The molecule has 22 heavy (non-hydrogen) atoms. The molecule has 2 rings (SSSR count). The fourth-order valence-corrected chi connectivity index (χ4v) is 1.88. The molecule has 118 valence electrons. The van der Waals surface area contributed by atoms with Crippen LogP contribution in [0.4, 0.5) is 26.3 Å². The lowest BCUT2D eigenvalue weighted by Crippen LogP contribution is -2.16. The maximum Gasteiger partial charge on any atom is 0.573 e. The molecule has 2 aromatic rings. The number of hydrogen-bond acceptors (Lipinski definition) is 2. The molecule has 2 nitrogen and oxygen atoms in total. The third-order valence-corrected chi connectivity index (χ3v) is 2.86. The molecule has 0 aliphatic carbocycles. The van der Waals surface area contributed by atoms with Gasteiger partial charge in [-0.2, -0.15) is 13.2 Å². The highest BCUT2D eigenvalue weighted by Gasteiger charge is 2.34. The average Bonchev–Trinajstić information content (AvgIpc) is 2.36. The predicted molar refractivity (Wildman–Crippen MR) is 66.4 cm³/mol. The number of rotatable bonds is 2. The first kappa shape index (κ1) is 16.4. The van der Waals surface area contributed by atoms with E-state index < -0.39 is 28.9 Å². The van der Waals surface area contributed by atoms with Crippen LogP contribution in [0.2, 0.25) is 5.02 Å². The lowest BCUT2D eigenvalue weighted by Gasteiger charge is -2.11. The van der Waals surface area contributed by atoms with Crippen LogP contribution in [0.5, 0.6) is 5.75 Å². The zero-order valence-electron chi connectivity index (χ0n) is 10.5. The highest BCUT2D eigenvalue weighted by molar-refractivity contribution is 6.31. The molecule has 0 aliphatic heterocycles. The molecule has 0 N–H and O–H groups in total. The molecule has 0 spiro atoms. The van der Waals surface area contributed by atoms with Gasteiger partial charge in [0.25, 0.3) is 0 Å². The van der Waals surface area contributed by atoms with Crippen molar-refractivity contribution < 1.29 is 31.1 Å². The van der Waals surface area contributed by atoms with Gasteiger partial charge in [0.05, 0.1) is 16.3 Å². The van der Waals surface area contributed by atoms with Crippen LogP contribution in [0, 0.1) is 0 Å².